The van der Waals surface area contributed by atoms with Crippen LogP contribution in [0.5, 0.6) is 0 Å². The van der Waals surface area contributed by atoms with Gasteiger partial charge in [0, 0.05) is 30.6 Å². The molecule has 2 aliphatic rings. The summed E-state index contributed by atoms with van der Waals surface area (Å²) in [4.78, 5) is 32.2. The lowest BCUT2D eigenvalue weighted by Crippen LogP contribution is -2.43. The highest BCUT2D eigenvalue weighted by Crippen LogP contribution is 2.35. The molecule has 0 radical (unpaired) electrons. The Labute approximate surface area is 171 Å². The third kappa shape index (κ3) is 5.28. The number of nitrogens with zero attached hydrogens (tertiary/aromatic N) is 1. The van der Waals surface area contributed by atoms with Gasteiger partial charge in [0.15, 0.2) is 0 Å². The number of H-pyrrole nitrogens is 1. The van der Waals surface area contributed by atoms with Gasteiger partial charge in [0.1, 0.15) is 5.82 Å². The Hall–Kier alpha value is -2.57. The van der Waals surface area contributed by atoms with Gasteiger partial charge in [-0.3, -0.25) is 4.79 Å². The van der Waals surface area contributed by atoms with Crippen LogP contribution in [0.1, 0.15) is 76.0 Å². The molecule has 3 amide bonds. The highest BCUT2D eigenvalue weighted by Gasteiger charge is 2.22. The van der Waals surface area contributed by atoms with Crippen LogP contribution in [-0.4, -0.2) is 34.5 Å². The fourth-order valence-electron chi connectivity index (χ4n) is 4.14. The number of hydrogen-bond acceptors (Lipinski definition) is 3. The molecule has 1 heterocycles. The standard InChI is InChI=1S/C22H31N5O2/c28-20(10-5-13-23-22(29)25-16-8-2-1-3-9-16)24-17-11-12-18-19(14-17)27-21(26-18)15-6-4-7-15/h11-12,14-16H,1-10,13H2,(H,24,28)(H,26,27)(H2,23,25,29). The van der Waals surface area contributed by atoms with Gasteiger partial charge in [-0.1, -0.05) is 25.7 Å². The number of imidazole rings is 1. The molecule has 0 saturated heterocycles. The van der Waals surface area contributed by atoms with E-state index in [4.69, 9.17) is 0 Å². The summed E-state index contributed by atoms with van der Waals surface area (Å²) in [6, 6.07) is 5.96. The first kappa shape index (κ1) is 19.7. The average Bonchev–Trinajstić information content (AvgIpc) is 3.07. The number of amides is 3. The zero-order chi connectivity index (χ0) is 20.1. The van der Waals surface area contributed by atoms with E-state index < -0.39 is 0 Å². The van der Waals surface area contributed by atoms with E-state index in [1.165, 1.54) is 38.5 Å². The lowest BCUT2D eigenvalue weighted by Gasteiger charge is -2.22. The van der Waals surface area contributed by atoms with Gasteiger partial charge < -0.3 is 20.9 Å². The molecule has 0 spiro atoms. The van der Waals surface area contributed by atoms with Gasteiger partial charge in [-0.25, -0.2) is 9.78 Å². The minimum absolute atomic E-state index is 0.0439. The predicted molar refractivity (Wildman–Crippen MR) is 114 cm³/mol. The predicted octanol–water partition coefficient (Wildman–Crippen LogP) is 4.18. The molecular formula is C22H31N5O2. The molecule has 2 aliphatic carbocycles. The second kappa shape index (κ2) is 9.29. The van der Waals surface area contributed by atoms with Crippen molar-refractivity contribution in [3.8, 4) is 0 Å². The summed E-state index contributed by atoms with van der Waals surface area (Å²) in [5, 5.41) is 8.82. The molecule has 7 nitrogen and oxygen atoms in total. The number of benzene rings is 1. The monoisotopic (exact) mass is 397 g/mol. The van der Waals surface area contributed by atoms with E-state index >= 15 is 0 Å². The van der Waals surface area contributed by atoms with Gasteiger partial charge >= 0.3 is 6.03 Å². The van der Waals surface area contributed by atoms with Crippen LogP contribution >= 0.6 is 0 Å². The normalized spacial score (nSPS) is 17.7. The first-order valence-corrected chi connectivity index (χ1v) is 11.0. The van der Waals surface area contributed by atoms with E-state index in [9.17, 15) is 9.59 Å². The van der Waals surface area contributed by atoms with Crippen molar-refractivity contribution in [3.05, 3.63) is 24.0 Å². The number of carbonyl (C=O) groups excluding carboxylic acids is 2. The topological polar surface area (TPSA) is 98.9 Å². The van der Waals surface area contributed by atoms with Crippen LogP contribution in [0.15, 0.2) is 18.2 Å². The number of carbonyl (C=O) groups is 2. The van der Waals surface area contributed by atoms with Gasteiger partial charge in [0.2, 0.25) is 5.91 Å². The maximum Gasteiger partial charge on any atom is 0.315 e. The summed E-state index contributed by atoms with van der Waals surface area (Å²) >= 11 is 0. The highest BCUT2D eigenvalue weighted by molar-refractivity contribution is 5.93. The number of hydrogen-bond donors (Lipinski definition) is 4. The van der Waals surface area contributed by atoms with Crippen molar-refractivity contribution in [1.82, 2.24) is 20.6 Å². The van der Waals surface area contributed by atoms with Crippen molar-refractivity contribution < 1.29 is 9.59 Å². The summed E-state index contributed by atoms with van der Waals surface area (Å²) < 4.78 is 0. The van der Waals surface area contributed by atoms with Crippen molar-refractivity contribution in [2.75, 3.05) is 11.9 Å². The lowest BCUT2D eigenvalue weighted by atomic mass is 9.85. The summed E-state index contributed by atoms with van der Waals surface area (Å²) in [5.74, 6) is 1.58. The molecule has 7 heteroatoms. The van der Waals surface area contributed by atoms with E-state index in [-0.39, 0.29) is 11.9 Å². The number of aromatic amines is 1. The third-order valence-corrected chi connectivity index (χ3v) is 6.08. The molecule has 0 atom stereocenters. The van der Waals surface area contributed by atoms with Gasteiger partial charge in [-0.05, 0) is 50.3 Å². The summed E-state index contributed by atoms with van der Waals surface area (Å²) in [6.45, 7) is 0.496. The van der Waals surface area contributed by atoms with E-state index in [0.717, 1.165) is 35.4 Å². The number of urea groups is 1. The summed E-state index contributed by atoms with van der Waals surface area (Å²) in [7, 11) is 0. The number of aromatic nitrogens is 2. The molecule has 0 unspecified atom stereocenters. The Morgan fingerprint density at radius 3 is 2.66 bits per heavy atom. The molecule has 29 heavy (non-hydrogen) atoms. The van der Waals surface area contributed by atoms with E-state index in [1.807, 2.05) is 18.2 Å². The van der Waals surface area contributed by atoms with Crippen LogP contribution in [0, 0.1) is 0 Å². The number of fused-ring (bicyclic) bond motifs is 1. The molecule has 2 aromatic rings. The van der Waals surface area contributed by atoms with Gasteiger partial charge in [0.05, 0.1) is 11.0 Å². The van der Waals surface area contributed by atoms with Gasteiger partial charge in [0.25, 0.3) is 0 Å². The zero-order valence-electron chi connectivity index (χ0n) is 16.9. The molecule has 4 rings (SSSR count). The van der Waals surface area contributed by atoms with E-state index in [1.54, 1.807) is 0 Å². The smallest absolute Gasteiger partial charge is 0.315 e. The van der Waals surface area contributed by atoms with Crippen LogP contribution < -0.4 is 16.0 Å². The van der Waals surface area contributed by atoms with Crippen LogP contribution in [-0.2, 0) is 4.79 Å². The highest BCUT2D eigenvalue weighted by atomic mass is 16.2. The Bertz CT molecular complexity index is 852. The summed E-state index contributed by atoms with van der Waals surface area (Å²) in [6.07, 6.45) is 10.5. The first-order valence-electron chi connectivity index (χ1n) is 11.0. The SMILES string of the molecule is O=C(CCCNC(=O)NC1CCCCC1)Nc1ccc2nc(C3CCC3)[nH]c2c1. The van der Waals surface area contributed by atoms with E-state index in [0.29, 0.717) is 31.3 Å². The largest absolute Gasteiger partial charge is 0.342 e. The Kier molecular flexibility index (Phi) is 6.32. The molecule has 156 valence electrons. The van der Waals surface area contributed by atoms with Crippen molar-refractivity contribution in [3.63, 3.8) is 0 Å². The van der Waals surface area contributed by atoms with Crippen molar-refractivity contribution in [2.24, 2.45) is 0 Å². The van der Waals surface area contributed by atoms with Gasteiger partial charge in [-0.2, -0.15) is 0 Å². The number of nitrogens with one attached hydrogen (secondary N) is 4. The maximum atomic E-state index is 12.2. The third-order valence-electron chi connectivity index (χ3n) is 6.08. The molecule has 2 fully saturated rings. The number of rotatable bonds is 7. The van der Waals surface area contributed by atoms with Crippen molar-refractivity contribution in [1.29, 1.82) is 0 Å². The van der Waals surface area contributed by atoms with Crippen LogP contribution in [0.25, 0.3) is 11.0 Å². The lowest BCUT2D eigenvalue weighted by molar-refractivity contribution is -0.116. The second-order valence-electron chi connectivity index (χ2n) is 8.37. The van der Waals surface area contributed by atoms with E-state index in [2.05, 4.69) is 25.9 Å². The zero-order valence-corrected chi connectivity index (χ0v) is 16.9. The van der Waals surface area contributed by atoms with Crippen molar-refractivity contribution in [2.45, 2.75) is 76.2 Å². The average molecular weight is 398 g/mol. The Morgan fingerprint density at radius 2 is 1.90 bits per heavy atom. The minimum atomic E-state index is -0.121. The fourth-order valence-corrected chi connectivity index (χ4v) is 4.14. The van der Waals surface area contributed by atoms with Crippen LogP contribution in [0.4, 0.5) is 10.5 Å². The first-order chi connectivity index (χ1) is 14.2. The molecule has 0 bridgehead atoms. The Morgan fingerprint density at radius 1 is 1.07 bits per heavy atom. The molecule has 1 aromatic carbocycles. The second-order valence-corrected chi connectivity index (χ2v) is 8.37. The number of anilines is 1. The van der Waals surface area contributed by atoms with Gasteiger partial charge in [-0.15, -0.1) is 0 Å². The molecule has 0 aliphatic heterocycles. The summed E-state index contributed by atoms with van der Waals surface area (Å²) in [5.41, 5.74) is 2.68. The molecular weight excluding hydrogens is 366 g/mol. The minimum Gasteiger partial charge on any atom is -0.342 e. The van der Waals surface area contributed by atoms with Crippen LogP contribution in [0.3, 0.4) is 0 Å². The fraction of sp³-hybridized carbons (Fsp3) is 0.591. The molecule has 4 N–H and O–H groups in total. The van der Waals surface area contributed by atoms with Crippen molar-refractivity contribution >= 4 is 28.7 Å². The quantitative estimate of drug-likeness (QED) is 0.527. The molecule has 2 saturated carbocycles. The van der Waals surface area contributed by atoms with Crippen LogP contribution in [0.2, 0.25) is 0 Å². The Balaban J connectivity index is 1.18. The maximum absolute atomic E-state index is 12.2. The molecule has 1 aromatic heterocycles.